The lowest BCUT2D eigenvalue weighted by atomic mass is 9.96. The van der Waals surface area contributed by atoms with Gasteiger partial charge in [-0.25, -0.2) is 20.0 Å². The Morgan fingerprint density at radius 2 is 2.11 bits per heavy atom. The van der Waals surface area contributed by atoms with Crippen LogP contribution in [0.1, 0.15) is 39.3 Å². The molecular formula is C24H24N4O6S2. The number of nitrogens with two attached hydrogens (primary N) is 1. The van der Waals surface area contributed by atoms with Gasteiger partial charge < -0.3 is 9.84 Å². The fraction of sp³-hybridized carbons (Fsp3) is 0.333. The van der Waals surface area contributed by atoms with Crippen molar-refractivity contribution in [1.29, 1.82) is 0 Å². The predicted molar refractivity (Wildman–Crippen MR) is 132 cm³/mol. The quantitative estimate of drug-likeness (QED) is 0.302. The van der Waals surface area contributed by atoms with Crippen molar-refractivity contribution in [1.82, 2.24) is 9.97 Å². The highest BCUT2D eigenvalue weighted by Gasteiger charge is 2.35. The molecule has 36 heavy (non-hydrogen) atoms. The van der Waals surface area contributed by atoms with E-state index in [-0.39, 0.29) is 30.8 Å². The number of ether oxygens (including phenoxy) is 1. The number of aliphatic hydroxyl groups is 1. The summed E-state index contributed by atoms with van der Waals surface area (Å²) in [7, 11) is -4.08. The van der Waals surface area contributed by atoms with E-state index in [0.29, 0.717) is 46.8 Å². The van der Waals surface area contributed by atoms with Gasteiger partial charge in [-0.3, -0.25) is 8.98 Å². The van der Waals surface area contributed by atoms with Gasteiger partial charge in [0.2, 0.25) is 11.5 Å². The van der Waals surface area contributed by atoms with Crippen molar-refractivity contribution in [2.75, 3.05) is 6.61 Å². The number of ketones is 1. The first-order valence-corrected chi connectivity index (χ1v) is 13.4. The molecule has 1 aliphatic carbocycles. The smallest absolute Gasteiger partial charge is 0.333 e. The molecule has 3 atom stereocenters. The van der Waals surface area contributed by atoms with Gasteiger partial charge in [0.25, 0.3) is 0 Å². The number of rotatable bonds is 10. The van der Waals surface area contributed by atoms with Crippen LogP contribution in [0.4, 0.5) is 5.69 Å². The van der Waals surface area contributed by atoms with Gasteiger partial charge in [0.1, 0.15) is 18.7 Å². The number of aromatic nitrogens is 2. The van der Waals surface area contributed by atoms with E-state index in [9.17, 15) is 18.3 Å². The van der Waals surface area contributed by atoms with Crippen LogP contribution in [0.2, 0.25) is 0 Å². The zero-order valence-electron chi connectivity index (χ0n) is 19.1. The topological polar surface area (TPSA) is 146 Å². The fourth-order valence-corrected chi connectivity index (χ4v) is 5.48. The van der Waals surface area contributed by atoms with Crippen molar-refractivity contribution in [3.63, 3.8) is 0 Å². The fourth-order valence-electron chi connectivity index (χ4n) is 4.26. The number of carbonyl (C=O) groups excluding carboxylic acids is 1. The van der Waals surface area contributed by atoms with E-state index in [0.717, 1.165) is 5.56 Å². The number of carbonyl (C=O) groups is 1. The summed E-state index contributed by atoms with van der Waals surface area (Å²) in [5.41, 5.74) is 2.17. The van der Waals surface area contributed by atoms with Crippen molar-refractivity contribution in [2.24, 2.45) is 17.0 Å². The average molecular weight is 529 g/mol. The van der Waals surface area contributed by atoms with Gasteiger partial charge in [-0.1, -0.05) is 18.2 Å². The summed E-state index contributed by atoms with van der Waals surface area (Å²) in [6.07, 6.45) is 3.51. The number of thiophene rings is 1. The van der Waals surface area contributed by atoms with Crippen molar-refractivity contribution >= 4 is 33.1 Å². The molecule has 0 radical (unpaired) electrons. The maximum absolute atomic E-state index is 13.3. The second kappa shape index (κ2) is 11.2. The Labute approximate surface area is 212 Å². The van der Waals surface area contributed by atoms with Crippen LogP contribution < -0.4 is 9.88 Å². The van der Waals surface area contributed by atoms with Crippen LogP contribution in [0.25, 0.3) is 4.85 Å². The number of nitrogens with zero attached hydrogens (tertiary/aromatic N) is 3. The summed E-state index contributed by atoms with van der Waals surface area (Å²) in [5, 5.41) is 17.0. The maximum Gasteiger partial charge on any atom is 0.333 e. The molecule has 188 valence electrons. The van der Waals surface area contributed by atoms with Gasteiger partial charge in [-0.2, -0.15) is 8.42 Å². The molecule has 0 saturated heterocycles. The number of aliphatic hydroxyl groups excluding tert-OH is 1. The van der Waals surface area contributed by atoms with Crippen LogP contribution >= 0.6 is 11.3 Å². The zero-order valence-corrected chi connectivity index (χ0v) is 20.7. The van der Waals surface area contributed by atoms with Gasteiger partial charge in [-0.05, 0) is 42.7 Å². The maximum atomic E-state index is 13.3. The van der Waals surface area contributed by atoms with E-state index in [4.69, 9.17) is 16.4 Å². The molecule has 0 spiro atoms. The van der Waals surface area contributed by atoms with Crippen LogP contribution in [0.15, 0.2) is 48.2 Å². The van der Waals surface area contributed by atoms with Gasteiger partial charge >= 0.3 is 10.3 Å². The van der Waals surface area contributed by atoms with E-state index < -0.39 is 16.4 Å². The normalized spacial score (nSPS) is 19.6. The van der Waals surface area contributed by atoms with E-state index in [2.05, 4.69) is 19.0 Å². The average Bonchev–Trinajstić information content (AvgIpc) is 3.47. The summed E-state index contributed by atoms with van der Waals surface area (Å²) in [4.78, 5) is 25.6. The van der Waals surface area contributed by atoms with Crippen molar-refractivity contribution in [2.45, 2.75) is 32.0 Å². The van der Waals surface area contributed by atoms with Crippen molar-refractivity contribution in [3.05, 3.63) is 81.4 Å². The Bertz CT molecular complexity index is 1380. The summed E-state index contributed by atoms with van der Waals surface area (Å²) in [6, 6.07) is 8.73. The lowest BCUT2D eigenvalue weighted by Crippen LogP contribution is -2.24. The molecule has 0 amide bonds. The third kappa shape index (κ3) is 6.51. The summed E-state index contributed by atoms with van der Waals surface area (Å²) >= 11 is 1.29. The predicted octanol–water partition coefficient (Wildman–Crippen LogP) is 3.05. The summed E-state index contributed by atoms with van der Waals surface area (Å²) in [6.45, 7) is 7.26. The molecule has 3 N–H and O–H groups in total. The Kier molecular flexibility index (Phi) is 8.07. The minimum absolute atomic E-state index is 0.00894. The second-order valence-corrected chi connectivity index (χ2v) is 10.7. The lowest BCUT2D eigenvalue weighted by molar-refractivity contribution is 0.100. The molecule has 2 heterocycles. The van der Waals surface area contributed by atoms with E-state index in [1.54, 1.807) is 30.3 Å². The molecule has 4 rings (SSSR count). The van der Waals surface area contributed by atoms with E-state index in [1.807, 2.05) is 5.38 Å². The van der Waals surface area contributed by atoms with Gasteiger partial charge in [0, 0.05) is 17.7 Å². The molecule has 0 bridgehead atoms. The lowest BCUT2D eigenvalue weighted by Gasteiger charge is -2.13. The highest BCUT2D eigenvalue weighted by atomic mass is 32.2. The number of benzene rings is 1. The third-order valence-corrected chi connectivity index (χ3v) is 7.42. The molecule has 12 heteroatoms. The molecule has 1 saturated carbocycles. The number of hydrogen-bond acceptors (Lipinski definition) is 9. The molecule has 1 aromatic carbocycles. The molecule has 0 aliphatic heterocycles. The minimum Gasteiger partial charge on any atom is -0.500 e. The van der Waals surface area contributed by atoms with Crippen molar-refractivity contribution < 1.29 is 27.2 Å². The SMILES string of the molecule is [C-]#[N+]c1ccccc1OCc1csc(C(=O)c2cncnc2C[C@@H]2C[C@H](COS(N)(=O)=O)[C@@H](O)C2)c1. The molecule has 10 nitrogen and oxygen atoms in total. The molecule has 1 aliphatic rings. The largest absolute Gasteiger partial charge is 0.500 e. The zero-order chi connectivity index (χ0) is 25.7. The number of para-hydroxylation sites is 2. The van der Waals surface area contributed by atoms with Gasteiger partial charge in [0.05, 0.1) is 35.4 Å². The van der Waals surface area contributed by atoms with Crippen LogP contribution in [0, 0.1) is 18.4 Å². The van der Waals surface area contributed by atoms with Crippen LogP contribution in [0.5, 0.6) is 5.75 Å². The molecule has 3 aromatic rings. The Morgan fingerprint density at radius 1 is 1.31 bits per heavy atom. The highest BCUT2D eigenvalue weighted by Crippen LogP contribution is 2.35. The first kappa shape index (κ1) is 25.9. The van der Waals surface area contributed by atoms with Crippen molar-refractivity contribution in [3.8, 4) is 5.75 Å². The van der Waals surface area contributed by atoms with E-state index in [1.165, 1.54) is 23.9 Å². The molecular weight excluding hydrogens is 504 g/mol. The van der Waals surface area contributed by atoms with Gasteiger partial charge in [-0.15, -0.1) is 11.3 Å². The van der Waals surface area contributed by atoms with Gasteiger partial charge in [0.15, 0.2) is 0 Å². The summed E-state index contributed by atoms with van der Waals surface area (Å²) in [5.74, 6) is -0.111. The van der Waals surface area contributed by atoms with Crippen LogP contribution in [-0.2, 0) is 27.5 Å². The monoisotopic (exact) mass is 528 g/mol. The molecule has 1 fully saturated rings. The second-order valence-electron chi connectivity index (χ2n) is 8.55. The van der Waals surface area contributed by atoms with Crippen LogP contribution in [0.3, 0.4) is 0 Å². The molecule has 2 aromatic heterocycles. The Hall–Kier alpha value is -3.21. The Morgan fingerprint density at radius 3 is 2.89 bits per heavy atom. The molecule has 0 unspecified atom stereocenters. The van der Waals surface area contributed by atoms with E-state index >= 15 is 0 Å². The first-order chi connectivity index (χ1) is 17.2. The highest BCUT2D eigenvalue weighted by molar-refractivity contribution is 7.84. The summed E-state index contributed by atoms with van der Waals surface area (Å²) < 4.78 is 32.5. The van der Waals surface area contributed by atoms with Crippen LogP contribution in [-0.4, -0.2) is 42.0 Å². The Balaban J connectivity index is 1.41. The third-order valence-electron chi connectivity index (χ3n) is 5.98. The first-order valence-electron chi connectivity index (χ1n) is 11.1. The number of hydrogen-bond donors (Lipinski definition) is 2. The standard InChI is InChI=1S/C24H24N4O6S2/c1-26-19-4-2-3-5-22(19)33-11-16-9-23(35-13-16)24(30)18-10-27-14-28-20(18)7-15-6-17(21(29)8-15)12-34-36(25,31)32/h2-5,9-10,13-15,17,21,29H,6-8,11-12H2,(H2,25,31,32)/t15-,17+,21-/m0/s1. The minimum atomic E-state index is -4.08.